The highest BCUT2D eigenvalue weighted by atomic mass is 16.6. The molecule has 152 valence electrons. The summed E-state index contributed by atoms with van der Waals surface area (Å²) in [6.45, 7) is 8.43. The number of nitro groups is 2. The van der Waals surface area contributed by atoms with Crippen molar-refractivity contribution in [2.45, 2.75) is 52.4 Å². The largest absolute Gasteiger partial charge is 0.758 e. The van der Waals surface area contributed by atoms with Crippen molar-refractivity contribution in [2.75, 3.05) is 26.2 Å². The molecule has 0 aromatic carbocycles. The van der Waals surface area contributed by atoms with E-state index < -0.39 is 26.7 Å². The molecule has 0 atom stereocenters. The molecule has 0 bridgehead atoms. The van der Waals surface area contributed by atoms with Gasteiger partial charge in [-0.25, -0.2) is 0 Å². The zero-order chi connectivity index (χ0) is 20.7. The van der Waals surface area contributed by atoms with Crippen LogP contribution in [0.5, 0.6) is 0 Å². The van der Waals surface area contributed by atoms with E-state index in [1.54, 1.807) is 0 Å². The van der Waals surface area contributed by atoms with Crippen molar-refractivity contribution in [2.24, 2.45) is 5.41 Å². The molecule has 0 unspecified atom stereocenters. The van der Waals surface area contributed by atoms with Crippen molar-refractivity contribution in [1.82, 2.24) is 0 Å². The molecule has 0 radical (unpaired) electrons. The molecule has 27 heavy (non-hydrogen) atoms. The highest BCUT2D eigenvalue weighted by Gasteiger charge is 2.49. The lowest BCUT2D eigenvalue weighted by Crippen LogP contribution is -2.80. The number of nitrogens with two attached hydrogens (primary N) is 2. The Balaban J connectivity index is 0.000000534. The van der Waals surface area contributed by atoms with Gasteiger partial charge in [-0.3, -0.25) is 20.2 Å². The molecule has 2 heterocycles. The van der Waals surface area contributed by atoms with Gasteiger partial charge in [-0.05, 0) is 12.8 Å². The first kappa shape index (κ1) is 24.6. The molecule has 2 rings (SSSR count). The second kappa shape index (κ2) is 13.8. The number of hydrogen-bond acceptors (Lipinski definition) is 4. The minimum atomic E-state index is -1.73. The minimum absolute atomic E-state index is 0.0583. The molecule has 0 amide bonds. The Morgan fingerprint density at radius 3 is 1.26 bits per heavy atom. The molecule has 2 aliphatic rings. The standard InChI is InChI=1S/C9H10N4O4.2C4H9N/c1-3-9(4-2,7(5-10)12(14)15)8(6-11)13(16)17;2*1-2-4-5-3-1/h3-4H2,1-2H3;2*5H,1-4H2/q-2;;/p+2. The second-order valence-electron chi connectivity index (χ2n) is 6.37. The third-order valence-electron chi connectivity index (χ3n) is 4.82. The summed E-state index contributed by atoms with van der Waals surface area (Å²) in [5.74, 6) is 2.71. The summed E-state index contributed by atoms with van der Waals surface area (Å²) in [5.41, 5.74) is -3.46. The van der Waals surface area contributed by atoms with Crippen LogP contribution in [0.15, 0.2) is 11.4 Å². The molecule has 0 aliphatic carbocycles. The summed E-state index contributed by atoms with van der Waals surface area (Å²) in [7, 11) is 0. The van der Waals surface area contributed by atoms with E-state index in [-0.39, 0.29) is 12.8 Å². The van der Waals surface area contributed by atoms with Crippen LogP contribution >= 0.6 is 0 Å². The number of rotatable bonds is 6. The fraction of sp³-hybridized carbons (Fsp3) is 0.765. The van der Waals surface area contributed by atoms with Gasteiger partial charge in [0.15, 0.2) is 5.41 Å². The molecule has 10 nitrogen and oxygen atoms in total. The first-order chi connectivity index (χ1) is 12.9. The Labute approximate surface area is 159 Å². The summed E-state index contributed by atoms with van der Waals surface area (Å²) in [5, 5.41) is 43.7. The topological polar surface area (TPSA) is 164 Å². The van der Waals surface area contributed by atoms with Gasteiger partial charge in [-0.2, -0.15) is 11.7 Å². The number of nitrogens with zero attached hydrogens (tertiary/aromatic N) is 4. The SMILES string of the molecule is C1CC[NH2+]C1.C1CC[NH2+]C1.CCC(CC)(C(=C=[N-])[N+](=O)[O-])C(=C=[N-])[N+](=O)[O-]. The van der Waals surface area contributed by atoms with Crippen LogP contribution in [0, 0.1) is 25.6 Å². The van der Waals surface area contributed by atoms with Gasteiger partial charge in [0, 0.05) is 25.7 Å². The van der Waals surface area contributed by atoms with E-state index in [1.165, 1.54) is 77.4 Å². The first-order valence-corrected chi connectivity index (χ1v) is 9.38. The first-order valence-electron chi connectivity index (χ1n) is 9.38. The van der Waals surface area contributed by atoms with Crippen molar-refractivity contribution in [3.05, 3.63) is 42.4 Å². The number of hydrogen-bond donors (Lipinski definition) is 2. The third kappa shape index (κ3) is 7.80. The molecular weight excluding hydrogens is 352 g/mol. The van der Waals surface area contributed by atoms with Crippen molar-refractivity contribution in [3.8, 4) is 0 Å². The highest BCUT2D eigenvalue weighted by Crippen LogP contribution is 2.40. The lowest BCUT2D eigenvalue weighted by molar-refractivity contribution is -0.635. The van der Waals surface area contributed by atoms with Crippen LogP contribution in [0.25, 0.3) is 10.8 Å². The van der Waals surface area contributed by atoms with Crippen LogP contribution in [-0.2, 0) is 0 Å². The molecule has 0 aromatic rings. The lowest BCUT2D eigenvalue weighted by Gasteiger charge is -2.24. The smallest absolute Gasteiger partial charge is 0.283 e. The maximum Gasteiger partial charge on any atom is 0.283 e. The fourth-order valence-electron chi connectivity index (χ4n) is 3.12. The lowest BCUT2D eigenvalue weighted by atomic mass is 9.77. The van der Waals surface area contributed by atoms with Gasteiger partial charge >= 0.3 is 0 Å². The van der Waals surface area contributed by atoms with E-state index in [9.17, 15) is 20.2 Å². The van der Waals surface area contributed by atoms with Gasteiger partial charge in [0.2, 0.25) is 0 Å². The van der Waals surface area contributed by atoms with Gasteiger partial charge in [-0.1, -0.05) is 13.8 Å². The Bertz CT molecular complexity index is 519. The van der Waals surface area contributed by atoms with E-state index >= 15 is 0 Å². The summed E-state index contributed by atoms with van der Waals surface area (Å²) >= 11 is 0. The summed E-state index contributed by atoms with van der Waals surface area (Å²) < 4.78 is 0. The van der Waals surface area contributed by atoms with Crippen LogP contribution in [0.3, 0.4) is 0 Å². The van der Waals surface area contributed by atoms with E-state index in [2.05, 4.69) is 10.6 Å². The molecular formula is C17H30N6O4. The van der Waals surface area contributed by atoms with E-state index in [0.717, 1.165) is 0 Å². The molecule has 0 spiro atoms. The van der Waals surface area contributed by atoms with Crippen LogP contribution in [0.4, 0.5) is 0 Å². The Morgan fingerprint density at radius 1 is 0.852 bits per heavy atom. The average Bonchev–Trinajstić information content (AvgIpc) is 3.39. The normalized spacial score (nSPS) is 15.2. The molecule has 4 N–H and O–H groups in total. The molecule has 0 saturated carbocycles. The van der Waals surface area contributed by atoms with Crippen LogP contribution in [0.1, 0.15) is 52.4 Å². The van der Waals surface area contributed by atoms with Gasteiger partial charge in [0.1, 0.15) is 0 Å². The Morgan fingerprint density at radius 2 is 1.15 bits per heavy atom. The predicted octanol–water partition coefficient (Wildman–Crippen LogP) is 0.279. The zero-order valence-corrected chi connectivity index (χ0v) is 16.1. The van der Waals surface area contributed by atoms with Gasteiger partial charge in [-0.15, -0.1) is 0 Å². The van der Waals surface area contributed by atoms with Gasteiger partial charge in [0.25, 0.3) is 11.4 Å². The van der Waals surface area contributed by atoms with Crippen molar-refractivity contribution >= 4 is 11.7 Å². The zero-order valence-electron chi connectivity index (χ0n) is 16.1. The van der Waals surface area contributed by atoms with Crippen LogP contribution < -0.4 is 10.6 Å². The van der Waals surface area contributed by atoms with Gasteiger partial charge in [0.05, 0.1) is 36.0 Å². The second-order valence-corrected chi connectivity index (χ2v) is 6.37. The molecule has 2 saturated heterocycles. The predicted molar refractivity (Wildman–Crippen MR) is 103 cm³/mol. The quantitative estimate of drug-likeness (QED) is 0.383. The van der Waals surface area contributed by atoms with Crippen LogP contribution in [-0.4, -0.2) is 47.8 Å². The maximum atomic E-state index is 10.7. The molecule has 0 aromatic heterocycles. The Hall–Kier alpha value is -2.38. The van der Waals surface area contributed by atoms with E-state index in [1.807, 2.05) is 0 Å². The third-order valence-corrected chi connectivity index (χ3v) is 4.82. The summed E-state index contributed by atoms with van der Waals surface area (Å²) in [6, 6.07) is 0. The van der Waals surface area contributed by atoms with Crippen LogP contribution in [0.2, 0.25) is 0 Å². The van der Waals surface area contributed by atoms with Crippen molar-refractivity contribution < 1.29 is 20.5 Å². The monoisotopic (exact) mass is 382 g/mol. The van der Waals surface area contributed by atoms with Crippen molar-refractivity contribution in [1.29, 1.82) is 0 Å². The minimum Gasteiger partial charge on any atom is -0.758 e. The average molecular weight is 382 g/mol. The highest BCUT2D eigenvalue weighted by molar-refractivity contribution is 5.67. The maximum absolute atomic E-state index is 10.7. The summed E-state index contributed by atoms with van der Waals surface area (Å²) in [6.07, 6.45) is 5.66. The summed E-state index contributed by atoms with van der Waals surface area (Å²) in [4.78, 5) is 19.5. The number of quaternary nitrogens is 2. The van der Waals surface area contributed by atoms with E-state index in [4.69, 9.17) is 10.8 Å². The molecule has 2 aliphatic heterocycles. The van der Waals surface area contributed by atoms with Crippen molar-refractivity contribution in [3.63, 3.8) is 0 Å². The Kier molecular flexibility index (Phi) is 12.6. The molecule has 2 fully saturated rings. The van der Waals surface area contributed by atoms with Gasteiger partial charge < -0.3 is 21.5 Å². The fourth-order valence-corrected chi connectivity index (χ4v) is 3.12. The van der Waals surface area contributed by atoms with E-state index in [0.29, 0.717) is 0 Å². The molecule has 10 heteroatoms.